The molecule has 0 aliphatic carbocycles. The fourth-order valence-corrected chi connectivity index (χ4v) is 4.58. The number of nitrogens with one attached hydrogen (secondary N) is 1. The summed E-state index contributed by atoms with van der Waals surface area (Å²) in [6, 6.07) is 7.17. The molecule has 0 aromatic heterocycles. The summed E-state index contributed by atoms with van der Waals surface area (Å²) in [6.07, 6.45) is 2.73. The van der Waals surface area contributed by atoms with Gasteiger partial charge in [-0.25, -0.2) is 13.1 Å². The minimum Gasteiger partial charge on any atom is -0.330 e. The van der Waals surface area contributed by atoms with E-state index in [2.05, 4.69) is 4.72 Å². The molecule has 1 aliphatic rings. The van der Waals surface area contributed by atoms with Crippen molar-refractivity contribution in [1.82, 2.24) is 4.72 Å². The van der Waals surface area contributed by atoms with Crippen LogP contribution in [0.2, 0.25) is 0 Å². The number of sulfonamides is 1. The lowest BCUT2D eigenvalue weighted by molar-refractivity contribution is 0.563. The molecule has 0 amide bonds. The molecular formula is C13H20N2O2S2. The Bertz CT molecular complexity index is 494. The van der Waals surface area contributed by atoms with Gasteiger partial charge in [-0.05, 0) is 49.3 Å². The van der Waals surface area contributed by atoms with Crippen LogP contribution in [0.25, 0.3) is 0 Å². The van der Waals surface area contributed by atoms with E-state index in [1.807, 2.05) is 12.1 Å². The second-order valence-electron chi connectivity index (χ2n) is 4.72. The second-order valence-corrected chi connectivity index (χ2v) is 7.58. The predicted molar refractivity (Wildman–Crippen MR) is 79.9 cm³/mol. The van der Waals surface area contributed by atoms with E-state index in [9.17, 15) is 8.42 Å². The van der Waals surface area contributed by atoms with E-state index in [0.29, 0.717) is 11.4 Å². The highest BCUT2D eigenvalue weighted by Crippen LogP contribution is 2.20. The Kier molecular flexibility index (Phi) is 5.27. The van der Waals surface area contributed by atoms with E-state index >= 15 is 0 Å². The van der Waals surface area contributed by atoms with Crippen molar-refractivity contribution in [3.63, 3.8) is 0 Å². The van der Waals surface area contributed by atoms with Gasteiger partial charge in [0.2, 0.25) is 10.0 Å². The first-order chi connectivity index (χ1) is 9.12. The molecule has 1 aromatic rings. The van der Waals surface area contributed by atoms with Gasteiger partial charge >= 0.3 is 0 Å². The van der Waals surface area contributed by atoms with Gasteiger partial charge in [-0.15, -0.1) is 0 Å². The van der Waals surface area contributed by atoms with Crippen molar-refractivity contribution in [3.8, 4) is 0 Å². The van der Waals surface area contributed by atoms with Gasteiger partial charge in [0, 0.05) is 11.8 Å². The summed E-state index contributed by atoms with van der Waals surface area (Å²) in [5, 5.41) is 0. The molecule has 1 aromatic carbocycles. The van der Waals surface area contributed by atoms with Gasteiger partial charge in [-0.1, -0.05) is 12.1 Å². The summed E-state index contributed by atoms with van der Waals surface area (Å²) in [6.45, 7) is 0.654. The quantitative estimate of drug-likeness (QED) is 0.832. The topological polar surface area (TPSA) is 72.2 Å². The van der Waals surface area contributed by atoms with Gasteiger partial charge in [0.05, 0.1) is 4.90 Å². The molecule has 106 valence electrons. The highest BCUT2D eigenvalue weighted by molar-refractivity contribution is 7.99. The Morgan fingerprint density at radius 2 is 2.05 bits per heavy atom. The summed E-state index contributed by atoms with van der Waals surface area (Å²) >= 11 is 1.79. The van der Waals surface area contributed by atoms with E-state index in [-0.39, 0.29) is 6.04 Å². The fourth-order valence-electron chi connectivity index (χ4n) is 2.06. The molecule has 19 heavy (non-hydrogen) atoms. The van der Waals surface area contributed by atoms with Gasteiger partial charge in [-0.2, -0.15) is 11.8 Å². The predicted octanol–water partition coefficient (Wildman–Crippen LogP) is 1.36. The average molecular weight is 300 g/mol. The van der Waals surface area contributed by atoms with Crippen molar-refractivity contribution >= 4 is 21.8 Å². The number of benzene rings is 1. The third kappa shape index (κ3) is 4.21. The maximum atomic E-state index is 12.2. The molecule has 0 saturated carbocycles. The van der Waals surface area contributed by atoms with Crippen molar-refractivity contribution in [1.29, 1.82) is 0 Å². The standard InChI is InChI=1S/C13H20N2O2S2/c14-8-1-2-11-3-5-13(6-4-11)19(16,17)15-12-7-9-18-10-12/h3-6,12,15H,1-2,7-10,14H2. The average Bonchev–Trinajstić information content (AvgIpc) is 2.89. The molecular weight excluding hydrogens is 280 g/mol. The minimum atomic E-state index is -3.37. The molecule has 4 nitrogen and oxygen atoms in total. The van der Waals surface area contributed by atoms with Gasteiger partial charge in [0.15, 0.2) is 0 Å². The molecule has 1 heterocycles. The summed E-state index contributed by atoms with van der Waals surface area (Å²) in [7, 11) is -3.37. The Balaban J connectivity index is 2.03. The number of hydrogen-bond acceptors (Lipinski definition) is 4. The van der Waals surface area contributed by atoms with Gasteiger partial charge in [0.25, 0.3) is 0 Å². The van der Waals surface area contributed by atoms with Crippen LogP contribution in [-0.2, 0) is 16.4 Å². The highest BCUT2D eigenvalue weighted by atomic mass is 32.2. The van der Waals surface area contributed by atoms with Crippen LogP contribution in [-0.4, -0.2) is 32.5 Å². The number of thioether (sulfide) groups is 1. The zero-order valence-electron chi connectivity index (χ0n) is 10.8. The Labute approximate surface area is 119 Å². The molecule has 1 unspecified atom stereocenters. The molecule has 1 fully saturated rings. The van der Waals surface area contributed by atoms with Crippen LogP contribution in [0.5, 0.6) is 0 Å². The number of nitrogens with two attached hydrogens (primary N) is 1. The van der Waals surface area contributed by atoms with E-state index in [4.69, 9.17) is 5.73 Å². The molecule has 1 atom stereocenters. The smallest absolute Gasteiger partial charge is 0.240 e. The number of rotatable bonds is 6. The van der Waals surface area contributed by atoms with Crippen molar-refractivity contribution < 1.29 is 8.42 Å². The van der Waals surface area contributed by atoms with Crippen molar-refractivity contribution in [2.45, 2.75) is 30.2 Å². The highest BCUT2D eigenvalue weighted by Gasteiger charge is 2.22. The minimum absolute atomic E-state index is 0.0758. The molecule has 1 aliphatic heterocycles. The summed E-state index contributed by atoms with van der Waals surface area (Å²) in [5.41, 5.74) is 6.58. The molecule has 0 spiro atoms. The normalized spacial score (nSPS) is 19.7. The molecule has 3 N–H and O–H groups in total. The monoisotopic (exact) mass is 300 g/mol. The summed E-state index contributed by atoms with van der Waals surface area (Å²) in [5.74, 6) is 1.90. The van der Waals surface area contributed by atoms with Crippen LogP contribution >= 0.6 is 11.8 Å². The fraction of sp³-hybridized carbons (Fsp3) is 0.538. The number of hydrogen-bond donors (Lipinski definition) is 2. The van der Waals surface area contributed by atoms with E-state index in [1.165, 1.54) is 0 Å². The second kappa shape index (κ2) is 6.74. The molecule has 0 radical (unpaired) electrons. The molecule has 6 heteroatoms. The van der Waals surface area contributed by atoms with E-state index in [0.717, 1.165) is 36.3 Å². The Morgan fingerprint density at radius 1 is 1.32 bits per heavy atom. The zero-order chi connectivity index (χ0) is 13.7. The first-order valence-corrected chi connectivity index (χ1v) is 9.15. The third-order valence-corrected chi connectivity index (χ3v) is 5.85. The zero-order valence-corrected chi connectivity index (χ0v) is 12.5. The van der Waals surface area contributed by atoms with Crippen LogP contribution in [0.1, 0.15) is 18.4 Å². The van der Waals surface area contributed by atoms with Crippen molar-refractivity contribution in [2.24, 2.45) is 5.73 Å². The van der Waals surface area contributed by atoms with Gasteiger partial charge < -0.3 is 5.73 Å². The summed E-state index contributed by atoms with van der Waals surface area (Å²) < 4.78 is 27.1. The van der Waals surface area contributed by atoms with Crippen LogP contribution < -0.4 is 10.5 Å². The maximum absolute atomic E-state index is 12.2. The van der Waals surface area contributed by atoms with Crippen LogP contribution in [0.15, 0.2) is 29.2 Å². The van der Waals surface area contributed by atoms with Gasteiger partial charge in [0.1, 0.15) is 0 Å². The van der Waals surface area contributed by atoms with Crippen LogP contribution in [0, 0.1) is 0 Å². The lowest BCUT2D eigenvalue weighted by Crippen LogP contribution is -2.34. The van der Waals surface area contributed by atoms with E-state index in [1.54, 1.807) is 23.9 Å². The van der Waals surface area contributed by atoms with E-state index < -0.39 is 10.0 Å². The lowest BCUT2D eigenvalue weighted by atomic mass is 10.1. The van der Waals surface area contributed by atoms with Crippen molar-refractivity contribution in [2.75, 3.05) is 18.1 Å². The molecule has 1 saturated heterocycles. The lowest BCUT2D eigenvalue weighted by Gasteiger charge is -2.12. The van der Waals surface area contributed by atoms with Crippen molar-refractivity contribution in [3.05, 3.63) is 29.8 Å². The van der Waals surface area contributed by atoms with Crippen LogP contribution in [0.4, 0.5) is 0 Å². The van der Waals surface area contributed by atoms with Crippen LogP contribution in [0.3, 0.4) is 0 Å². The molecule has 2 rings (SSSR count). The Morgan fingerprint density at radius 3 is 2.63 bits per heavy atom. The maximum Gasteiger partial charge on any atom is 0.240 e. The Hall–Kier alpha value is -0.560. The van der Waals surface area contributed by atoms with Gasteiger partial charge in [-0.3, -0.25) is 0 Å². The largest absolute Gasteiger partial charge is 0.330 e. The summed E-state index contributed by atoms with van der Waals surface area (Å²) in [4.78, 5) is 0.348. The first-order valence-electron chi connectivity index (χ1n) is 6.51. The first kappa shape index (κ1) is 14.8. The number of aryl methyl sites for hydroxylation is 1. The third-order valence-electron chi connectivity index (χ3n) is 3.15. The SMILES string of the molecule is NCCCc1ccc(S(=O)(=O)NC2CCSC2)cc1. The molecule has 0 bridgehead atoms.